The summed E-state index contributed by atoms with van der Waals surface area (Å²) >= 11 is 0. The number of hydrogen-bond donors (Lipinski definition) is 1. The number of benzene rings is 3. The number of aryl methyl sites for hydroxylation is 1. The van der Waals surface area contributed by atoms with Gasteiger partial charge in [0.05, 0.1) is 18.3 Å². The fourth-order valence-electron chi connectivity index (χ4n) is 4.53. The summed E-state index contributed by atoms with van der Waals surface area (Å²) in [4.78, 5) is 40.2. The summed E-state index contributed by atoms with van der Waals surface area (Å²) in [5.41, 5.74) is 1.96. The number of nitro groups is 1. The van der Waals surface area contributed by atoms with Crippen molar-refractivity contribution in [1.82, 2.24) is 10.2 Å². The molecule has 3 aromatic rings. The van der Waals surface area contributed by atoms with Crippen molar-refractivity contribution in [1.29, 1.82) is 0 Å². The highest BCUT2D eigenvalue weighted by Gasteiger charge is 2.34. The lowest BCUT2D eigenvalue weighted by Crippen LogP contribution is -2.53. The molecule has 0 radical (unpaired) electrons. The summed E-state index contributed by atoms with van der Waals surface area (Å²) in [5, 5.41) is 14.4. The van der Waals surface area contributed by atoms with Crippen molar-refractivity contribution in [3.05, 3.63) is 99.6 Å². The van der Waals surface area contributed by atoms with E-state index in [0.29, 0.717) is 6.54 Å². The second-order valence-corrected chi connectivity index (χ2v) is 12.6. The molecule has 11 nitrogen and oxygen atoms in total. The highest BCUT2D eigenvalue weighted by molar-refractivity contribution is 7.92. The summed E-state index contributed by atoms with van der Waals surface area (Å²) in [6.07, 6.45) is 1.09. The van der Waals surface area contributed by atoms with Crippen LogP contribution in [-0.4, -0.2) is 62.6 Å². The molecule has 1 atom stereocenters. The highest BCUT2D eigenvalue weighted by atomic mass is 32.2. The Hall–Kier alpha value is -4.45. The smallest absolute Gasteiger partial charge is 0.271 e. The van der Waals surface area contributed by atoms with Crippen LogP contribution in [0.25, 0.3) is 0 Å². The van der Waals surface area contributed by atoms with Gasteiger partial charge in [0.1, 0.15) is 24.0 Å². The molecule has 12 heteroatoms. The van der Waals surface area contributed by atoms with Gasteiger partial charge in [-0.05, 0) is 35.6 Å². The van der Waals surface area contributed by atoms with Crippen LogP contribution in [0.3, 0.4) is 0 Å². The van der Waals surface area contributed by atoms with Crippen LogP contribution in [-0.2, 0) is 32.6 Å². The SMILES string of the molecule is COc1ccc([N+](=O)[O-])cc1N(CC(=O)N(Cc1ccccc1C)C(Cc1ccccc1)C(=O)NCC(C)C)S(C)(=O)=O. The number of carbonyl (C=O) groups is 2. The fourth-order valence-corrected chi connectivity index (χ4v) is 5.37. The van der Waals surface area contributed by atoms with E-state index in [9.17, 15) is 28.1 Å². The standard InChI is InChI=1S/C31H38N4O7S/c1-22(2)19-32-31(37)28(17-24-12-7-6-8-13-24)33(20-25-14-10-9-11-23(25)3)30(36)21-34(43(5,40)41)27-18-26(35(38)39)15-16-29(27)42-4/h6-16,18,22,28H,17,19-21H2,1-5H3,(H,32,37). The van der Waals surface area contributed by atoms with E-state index in [1.807, 2.05) is 75.4 Å². The molecule has 43 heavy (non-hydrogen) atoms. The Morgan fingerprint density at radius 2 is 1.67 bits per heavy atom. The lowest BCUT2D eigenvalue weighted by molar-refractivity contribution is -0.384. The van der Waals surface area contributed by atoms with Gasteiger partial charge >= 0.3 is 0 Å². The van der Waals surface area contributed by atoms with E-state index in [1.54, 1.807) is 0 Å². The van der Waals surface area contributed by atoms with E-state index in [-0.39, 0.29) is 41.9 Å². The lowest BCUT2D eigenvalue weighted by Gasteiger charge is -2.34. The molecule has 0 saturated heterocycles. The van der Waals surface area contributed by atoms with E-state index in [1.165, 1.54) is 24.1 Å². The van der Waals surface area contributed by atoms with Gasteiger partial charge < -0.3 is 15.0 Å². The minimum Gasteiger partial charge on any atom is -0.495 e. The zero-order chi connectivity index (χ0) is 31.7. The summed E-state index contributed by atoms with van der Waals surface area (Å²) in [6, 6.07) is 19.2. The molecule has 0 aliphatic heterocycles. The van der Waals surface area contributed by atoms with Crippen molar-refractivity contribution in [2.45, 2.75) is 39.8 Å². The average molecular weight is 611 g/mol. The molecule has 0 bridgehead atoms. The molecule has 0 heterocycles. The first-order valence-corrected chi connectivity index (χ1v) is 15.6. The number of nitrogens with zero attached hydrogens (tertiary/aromatic N) is 3. The first-order valence-electron chi connectivity index (χ1n) is 13.8. The van der Waals surface area contributed by atoms with Gasteiger partial charge in [0.25, 0.3) is 5.69 Å². The predicted molar refractivity (Wildman–Crippen MR) is 165 cm³/mol. The molecular formula is C31H38N4O7S. The van der Waals surface area contributed by atoms with E-state index in [2.05, 4.69) is 5.32 Å². The van der Waals surface area contributed by atoms with Crippen LogP contribution in [0.2, 0.25) is 0 Å². The Morgan fingerprint density at radius 1 is 1.02 bits per heavy atom. The normalized spacial score (nSPS) is 12.0. The van der Waals surface area contributed by atoms with Crippen molar-refractivity contribution >= 4 is 33.2 Å². The molecule has 1 N–H and O–H groups in total. The second-order valence-electron chi connectivity index (χ2n) is 10.7. The molecule has 2 amide bonds. The Kier molecular flexibility index (Phi) is 11.2. The maximum atomic E-state index is 14.2. The maximum absolute atomic E-state index is 14.2. The largest absolute Gasteiger partial charge is 0.495 e. The molecule has 1 unspecified atom stereocenters. The maximum Gasteiger partial charge on any atom is 0.271 e. The number of anilines is 1. The topological polar surface area (TPSA) is 139 Å². The van der Waals surface area contributed by atoms with E-state index >= 15 is 0 Å². The third-order valence-electron chi connectivity index (χ3n) is 6.88. The molecule has 0 saturated carbocycles. The molecule has 0 aliphatic carbocycles. The van der Waals surface area contributed by atoms with Gasteiger partial charge in [-0.1, -0.05) is 68.4 Å². The van der Waals surface area contributed by atoms with Crippen molar-refractivity contribution < 1.29 is 27.7 Å². The molecule has 0 fully saturated rings. The van der Waals surface area contributed by atoms with E-state index in [4.69, 9.17) is 4.74 Å². The summed E-state index contributed by atoms with van der Waals surface area (Å²) in [5.74, 6) is -0.852. The van der Waals surface area contributed by atoms with Gasteiger partial charge in [-0.2, -0.15) is 0 Å². The van der Waals surface area contributed by atoms with Gasteiger partial charge in [-0.25, -0.2) is 8.42 Å². The zero-order valence-electron chi connectivity index (χ0n) is 25.0. The summed E-state index contributed by atoms with van der Waals surface area (Å²) < 4.78 is 32.2. The number of hydrogen-bond acceptors (Lipinski definition) is 7. The lowest BCUT2D eigenvalue weighted by atomic mass is 10.0. The Morgan fingerprint density at radius 3 is 2.26 bits per heavy atom. The van der Waals surface area contributed by atoms with Gasteiger partial charge in [0, 0.05) is 31.6 Å². The molecule has 0 aromatic heterocycles. The number of methoxy groups -OCH3 is 1. The van der Waals surface area contributed by atoms with Crippen LogP contribution >= 0.6 is 0 Å². The number of ether oxygens (including phenoxy) is 1. The summed E-state index contributed by atoms with van der Waals surface area (Å²) in [7, 11) is -2.85. The Balaban J connectivity index is 2.13. The first-order chi connectivity index (χ1) is 20.3. The van der Waals surface area contributed by atoms with Gasteiger partial charge in [0.15, 0.2) is 0 Å². The van der Waals surface area contributed by atoms with Crippen molar-refractivity contribution in [3.8, 4) is 5.75 Å². The minimum absolute atomic E-state index is 0.0295. The Bertz CT molecular complexity index is 1540. The predicted octanol–water partition coefficient (Wildman–Crippen LogP) is 4.09. The van der Waals surface area contributed by atoms with Gasteiger partial charge in [-0.15, -0.1) is 0 Å². The van der Waals surface area contributed by atoms with Gasteiger partial charge in [0.2, 0.25) is 21.8 Å². The van der Waals surface area contributed by atoms with Crippen LogP contribution in [0.4, 0.5) is 11.4 Å². The monoisotopic (exact) mass is 610 g/mol. The van der Waals surface area contributed by atoms with Crippen LogP contribution in [0.15, 0.2) is 72.8 Å². The van der Waals surface area contributed by atoms with Crippen LogP contribution in [0, 0.1) is 23.0 Å². The van der Waals surface area contributed by atoms with Crippen molar-refractivity contribution in [2.75, 3.05) is 30.8 Å². The van der Waals surface area contributed by atoms with Gasteiger partial charge in [-0.3, -0.25) is 24.0 Å². The van der Waals surface area contributed by atoms with E-state index < -0.39 is 33.4 Å². The molecule has 3 rings (SSSR count). The molecule has 230 valence electrons. The Labute approximate surface area is 252 Å². The third kappa shape index (κ3) is 9.02. The molecule has 3 aromatic carbocycles. The number of non-ortho nitro benzene ring substituents is 1. The highest BCUT2D eigenvalue weighted by Crippen LogP contribution is 2.34. The van der Waals surface area contributed by atoms with Crippen LogP contribution in [0.1, 0.15) is 30.5 Å². The van der Waals surface area contributed by atoms with Crippen LogP contribution in [0.5, 0.6) is 5.75 Å². The second kappa shape index (κ2) is 14.6. The summed E-state index contributed by atoms with van der Waals surface area (Å²) in [6.45, 7) is 5.50. The van der Waals surface area contributed by atoms with Crippen molar-refractivity contribution in [3.63, 3.8) is 0 Å². The number of rotatable bonds is 14. The third-order valence-corrected chi connectivity index (χ3v) is 8.01. The minimum atomic E-state index is -4.15. The number of amides is 2. The number of carbonyl (C=O) groups excluding carboxylic acids is 2. The molecule has 0 aliphatic rings. The zero-order valence-corrected chi connectivity index (χ0v) is 25.8. The number of nitro benzene ring substituents is 1. The number of nitrogens with one attached hydrogen (secondary N) is 1. The molecular weight excluding hydrogens is 572 g/mol. The van der Waals surface area contributed by atoms with Crippen molar-refractivity contribution in [2.24, 2.45) is 5.92 Å². The van der Waals surface area contributed by atoms with Crippen LogP contribution < -0.4 is 14.4 Å². The molecule has 0 spiro atoms. The number of sulfonamides is 1. The van der Waals surface area contributed by atoms with E-state index in [0.717, 1.165) is 33.3 Å². The first kappa shape index (κ1) is 33.1. The average Bonchev–Trinajstić information content (AvgIpc) is 2.96. The quantitative estimate of drug-likeness (QED) is 0.214. The fraction of sp³-hybridized carbons (Fsp3) is 0.355.